The fourth-order valence-corrected chi connectivity index (χ4v) is 3.71. The van der Waals surface area contributed by atoms with Gasteiger partial charge in [-0.2, -0.15) is 0 Å². The maximum Gasteiger partial charge on any atom is 0.227 e. The maximum absolute atomic E-state index is 12.5. The minimum atomic E-state index is 0.203. The second-order valence-electron chi connectivity index (χ2n) is 7.68. The maximum atomic E-state index is 12.5. The second kappa shape index (κ2) is 8.84. The quantitative estimate of drug-likeness (QED) is 0.796. The summed E-state index contributed by atoms with van der Waals surface area (Å²) in [4.78, 5) is 19.4. The number of piperazine rings is 1. The number of anilines is 1. The third kappa shape index (κ3) is 5.19. The van der Waals surface area contributed by atoms with E-state index in [0.29, 0.717) is 12.5 Å². The second-order valence-corrected chi connectivity index (χ2v) is 7.68. The van der Waals surface area contributed by atoms with E-state index in [1.807, 2.05) is 29.2 Å². The highest BCUT2D eigenvalue weighted by molar-refractivity contribution is 5.79. The number of rotatable bonds is 5. The van der Waals surface area contributed by atoms with E-state index in [1.165, 1.54) is 0 Å². The van der Waals surface area contributed by atoms with Gasteiger partial charge >= 0.3 is 0 Å². The number of nitrogens with zero attached hydrogens (tertiary/aromatic N) is 3. The number of morpholine rings is 1. The van der Waals surface area contributed by atoms with Gasteiger partial charge in [-0.3, -0.25) is 14.6 Å². The summed E-state index contributed by atoms with van der Waals surface area (Å²) in [5, 5.41) is 0. The van der Waals surface area contributed by atoms with Crippen LogP contribution in [-0.2, 0) is 16.0 Å². The lowest BCUT2D eigenvalue weighted by molar-refractivity contribution is -0.132. The molecule has 2 heterocycles. The van der Waals surface area contributed by atoms with Crippen LogP contribution in [0.2, 0.25) is 0 Å². The van der Waals surface area contributed by atoms with E-state index in [-0.39, 0.29) is 12.0 Å². The Bertz CT molecular complexity index is 582. The number of carbonyl (C=O) groups excluding carboxylic acids is 1. The number of nitrogen functional groups attached to an aromatic ring is 1. The van der Waals surface area contributed by atoms with Crippen LogP contribution in [0.15, 0.2) is 24.3 Å². The molecule has 0 radical (unpaired) electrons. The van der Waals surface area contributed by atoms with Crippen molar-refractivity contribution in [1.82, 2.24) is 14.7 Å². The van der Waals surface area contributed by atoms with Crippen LogP contribution in [0.5, 0.6) is 0 Å². The SMILES string of the molecule is CC(C)N1CCOC(CN2CCN(C(=O)Cc3ccc(N)cc3)CC2)C1. The van der Waals surface area contributed by atoms with Crippen molar-refractivity contribution in [2.45, 2.75) is 32.4 Å². The number of benzene rings is 1. The van der Waals surface area contributed by atoms with Crippen LogP contribution in [0.25, 0.3) is 0 Å². The van der Waals surface area contributed by atoms with Gasteiger partial charge in [0.1, 0.15) is 0 Å². The fraction of sp³-hybridized carbons (Fsp3) is 0.650. The molecular weight excluding hydrogens is 328 g/mol. The third-order valence-corrected chi connectivity index (χ3v) is 5.42. The Morgan fingerprint density at radius 3 is 2.50 bits per heavy atom. The van der Waals surface area contributed by atoms with Gasteiger partial charge in [-0.1, -0.05) is 12.1 Å². The zero-order valence-electron chi connectivity index (χ0n) is 16.1. The number of carbonyl (C=O) groups is 1. The molecule has 1 unspecified atom stereocenters. The Morgan fingerprint density at radius 1 is 1.15 bits per heavy atom. The third-order valence-electron chi connectivity index (χ3n) is 5.42. The average Bonchev–Trinajstić information content (AvgIpc) is 2.64. The van der Waals surface area contributed by atoms with Crippen LogP contribution in [0.3, 0.4) is 0 Å². The van der Waals surface area contributed by atoms with Crippen LogP contribution in [-0.4, -0.2) is 85.2 Å². The number of hydrogen-bond acceptors (Lipinski definition) is 5. The molecule has 1 aromatic carbocycles. The van der Waals surface area contributed by atoms with Crippen LogP contribution in [0.1, 0.15) is 19.4 Å². The van der Waals surface area contributed by atoms with Crippen LogP contribution >= 0.6 is 0 Å². The molecule has 6 heteroatoms. The van der Waals surface area contributed by atoms with E-state index in [4.69, 9.17) is 10.5 Å². The summed E-state index contributed by atoms with van der Waals surface area (Å²) in [5.41, 5.74) is 7.46. The Hall–Kier alpha value is -1.63. The van der Waals surface area contributed by atoms with E-state index in [9.17, 15) is 4.79 Å². The Labute approximate surface area is 156 Å². The smallest absolute Gasteiger partial charge is 0.227 e. The summed E-state index contributed by atoms with van der Waals surface area (Å²) >= 11 is 0. The topological polar surface area (TPSA) is 62.0 Å². The summed E-state index contributed by atoms with van der Waals surface area (Å²) in [6.45, 7) is 11.8. The van der Waals surface area contributed by atoms with E-state index in [0.717, 1.165) is 63.7 Å². The van der Waals surface area contributed by atoms with Gasteiger partial charge in [0.2, 0.25) is 5.91 Å². The van der Waals surface area contributed by atoms with E-state index >= 15 is 0 Å². The van der Waals surface area contributed by atoms with Crippen molar-refractivity contribution in [3.8, 4) is 0 Å². The summed E-state index contributed by atoms with van der Waals surface area (Å²) in [6.07, 6.45) is 0.734. The van der Waals surface area contributed by atoms with E-state index < -0.39 is 0 Å². The summed E-state index contributed by atoms with van der Waals surface area (Å²) in [6, 6.07) is 8.15. The van der Waals surface area contributed by atoms with Crippen molar-refractivity contribution >= 4 is 11.6 Å². The van der Waals surface area contributed by atoms with Gasteiger partial charge in [-0.15, -0.1) is 0 Å². The van der Waals surface area contributed by atoms with Crippen molar-refractivity contribution in [3.05, 3.63) is 29.8 Å². The Morgan fingerprint density at radius 2 is 1.85 bits per heavy atom. The number of ether oxygens (including phenoxy) is 1. The average molecular weight is 361 g/mol. The largest absolute Gasteiger partial charge is 0.399 e. The molecule has 0 saturated carbocycles. The van der Waals surface area contributed by atoms with E-state index in [2.05, 4.69) is 23.6 Å². The summed E-state index contributed by atoms with van der Waals surface area (Å²) < 4.78 is 5.95. The first kappa shape index (κ1) is 19.1. The Balaban J connectivity index is 1.42. The molecule has 2 aliphatic heterocycles. The van der Waals surface area contributed by atoms with Gasteiger partial charge in [-0.25, -0.2) is 0 Å². The van der Waals surface area contributed by atoms with Crippen LogP contribution in [0.4, 0.5) is 5.69 Å². The lowest BCUT2D eigenvalue weighted by Crippen LogP contribution is -2.54. The highest BCUT2D eigenvalue weighted by Crippen LogP contribution is 2.13. The molecule has 2 N–H and O–H groups in total. The monoisotopic (exact) mass is 360 g/mol. The molecule has 0 spiro atoms. The zero-order chi connectivity index (χ0) is 18.5. The van der Waals surface area contributed by atoms with Crippen molar-refractivity contribution in [2.24, 2.45) is 0 Å². The normalized spacial score (nSPS) is 22.7. The highest BCUT2D eigenvalue weighted by atomic mass is 16.5. The molecule has 0 bridgehead atoms. The molecule has 26 heavy (non-hydrogen) atoms. The van der Waals surface area contributed by atoms with Gasteiger partial charge in [-0.05, 0) is 31.5 Å². The van der Waals surface area contributed by atoms with Gasteiger partial charge in [0, 0.05) is 57.5 Å². The van der Waals surface area contributed by atoms with Gasteiger partial charge in [0.25, 0.3) is 0 Å². The van der Waals surface area contributed by atoms with Gasteiger partial charge < -0.3 is 15.4 Å². The van der Waals surface area contributed by atoms with Crippen molar-refractivity contribution in [1.29, 1.82) is 0 Å². The molecular formula is C20H32N4O2. The molecule has 0 aromatic heterocycles. The van der Waals surface area contributed by atoms with Gasteiger partial charge in [0.15, 0.2) is 0 Å². The van der Waals surface area contributed by atoms with Crippen molar-refractivity contribution < 1.29 is 9.53 Å². The number of amides is 1. The molecule has 6 nitrogen and oxygen atoms in total. The predicted octanol–water partition coefficient (Wildman–Crippen LogP) is 1.06. The standard InChI is InChI=1S/C20H32N4O2/c1-16(2)24-11-12-26-19(15-24)14-22-7-9-23(10-8-22)20(25)13-17-3-5-18(21)6-4-17/h3-6,16,19H,7-15,21H2,1-2H3. The van der Waals surface area contributed by atoms with Crippen molar-refractivity contribution in [3.63, 3.8) is 0 Å². The van der Waals surface area contributed by atoms with E-state index in [1.54, 1.807) is 0 Å². The first-order valence-electron chi connectivity index (χ1n) is 9.71. The Kier molecular flexibility index (Phi) is 6.51. The molecule has 1 atom stereocenters. The highest BCUT2D eigenvalue weighted by Gasteiger charge is 2.27. The number of hydrogen-bond donors (Lipinski definition) is 1. The molecule has 2 fully saturated rings. The number of nitrogens with two attached hydrogens (primary N) is 1. The fourth-order valence-electron chi connectivity index (χ4n) is 3.71. The first-order valence-corrected chi connectivity index (χ1v) is 9.71. The van der Waals surface area contributed by atoms with Crippen LogP contribution < -0.4 is 5.73 Å². The van der Waals surface area contributed by atoms with Gasteiger partial charge in [0.05, 0.1) is 19.1 Å². The molecule has 144 valence electrons. The molecule has 1 aromatic rings. The molecule has 0 aliphatic carbocycles. The lowest BCUT2D eigenvalue weighted by atomic mass is 10.1. The predicted molar refractivity (Wildman–Crippen MR) is 104 cm³/mol. The minimum absolute atomic E-state index is 0.203. The molecule has 1 amide bonds. The summed E-state index contributed by atoms with van der Waals surface area (Å²) in [7, 11) is 0. The van der Waals surface area contributed by atoms with Crippen LogP contribution in [0, 0.1) is 0 Å². The lowest BCUT2D eigenvalue weighted by Gasteiger charge is -2.40. The zero-order valence-corrected chi connectivity index (χ0v) is 16.1. The first-order chi connectivity index (χ1) is 12.5. The molecule has 3 rings (SSSR count). The minimum Gasteiger partial charge on any atom is -0.399 e. The summed E-state index contributed by atoms with van der Waals surface area (Å²) in [5.74, 6) is 0.203. The molecule has 2 aliphatic rings. The molecule has 2 saturated heterocycles. The van der Waals surface area contributed by atoms with Crippen molar-refractivity contribution in [2.75, 3.05) is 58.2 Å².